The van der Waals surface area contributed by atoms with Crippen LogP contribution in [-0.4, -0.2) is 21.7 Å². The molecule has 0 radical (unpaired) electrons. The molecule has 3 N–H and O–H groups in total. The minimum Gasteiger partial charge on any atom is -0.328 e. The number of aromatic nitrogens is 2. The molecule has 118 valence electrons. The minimum absolute atomic E-state index is 0. The average Bonchev–Trinajstić information content (AvgIpc) is 3.08. The molecule has 5 nitrogen and oxygen atoms in total. The lowest BCUT2D eigenvalue weighted by atomic mass is 10.1. The van der Waals surface area contributed by atoms with Crippen molar-refractivity contribution in [3.05, 3.63) is 42.2 Å². The van der Waals surface area contributed by atoms with Crippen LogP contribution in [0.25, 0.3) is 5.69 Å². The van der Waals surface area contributed by atoms with E-state index in [9.17, 15) is 4.79 Å². The van der Waals surface area contributed by atoms with Crippen molar-refractivity contribution in [1.29, 1.82) is 0 Å². The van der Waals surface area contributed by atoms with Gasteiger partial charge >= 0.3 is 0 Å². The van der Waals surface area contributed by atoms with Gasteiger partial charge in [-0.2, -0.15) is 5.10 Å². The van der Waals surface area contributed by atoms with Gasteiger partial charge in [0.15, 0.2) is 0 Å². The normalized spacial score (nSPS) is 20.5. The van der Waals surface area contributed by atoms with Crippen molar-refractivity contribution in [2.75, 3.05) is 5.32 Å². The van der Waals surface area contributed by atoms with Gasteiger partial charge in [-0.05, 0) is 44.4 Å². The monoisotopic (exact) mass is 320 g/mol. The van der Waals surface area contributed by atoms with Gasteiger partial charge in [0.25, 0.3) is 0 Å². The van der Waals surface area contributed by atoms with Crippen molar-refractivity contribution in [2.45, 2.75) is 32.2 Å². The van der Waals surface area contributed by atoms with E-state index in [0.29, 0.717) is 0 Å². The van der Waals surface area contributed by atoms with Crippen molar-refractivity contribution in [3.63, 3.8) is 0 Å². The Kier molecular flexibility index (Phi) is 5.21. The lowest BCUT2D eigenvalue weighted by Crippen LogP contribution is -2.23. The molecule has 3 rings (SSSR count). The first kappa shape index (κ1) is 16.5. The number of nitrogens with two attached hydrogens (primary N) is 1. The average molecular weight is 321 g/mol. The van der Waals surface area contributed by atoms with E-state index in [-0.39, 0.29) is 30.3 Å². The van der Waals surface area contributed by atoms with Crippen LogP contribution in [0.1, 0.15) is 25.0 Å². The Bertz CT molecular complexity index is 655. The molecule has 0 saturated heterocycles. The molecule has 1 heterocycles. The Morgan fingerprint density at radius 3 is 2.73 bits per heavy atom. The van der Waals surface area contributed by atoms with Gasteiger partial charge in [0, 0.05) is 18.2 Å². The highest BCUT2D eigenvalue weighted by Gasteiger charge is 2.28. The molecule has 2 atom stereocenters. The van der Waals surface area contributed by atoms with Crippen LogP contribution in [0.4, 0.5) is 5.69 Å². The first-order valence-corrected chi connectivity index (χ1v) is 7.31. The van der Waals surface area contributed by atoms with Crippen LogP contribution in [0.5, 0.6) is 0 Å². The van der Waals surface area contributed by atoms with Gasteiger partial charge in [-0.1, -0.05) is 12.1 Å². The number of amides is 1. The van der Waals surface area contributed by atoms with Gasteiger partial charge < -0.3 is 11.1 Å². The number of anilines is 1. The molecule has 1 fully saturated rings. The number of hydrogen-bond acceptors (Lipinski definition) is 3. The van der Waals surface area contributed by atoms with Gasteiger partial charge in [-0.15, -0.1) is 12.4 Å². The molecular weight excluding hydrogens is 300 g/mol. The number of halogens is 1. The molecule has 0 spiro atoms. The second kappa shape index (κ2) is 6.94. The van der Waals surface area contributed by atoms with E-state index in [1.54, 1.807) is 4.68 Å². The molecule has 2 unspecified atom stereocenters. The summed E-state index contributed by atoms with van der Waals surface area (Å²) in [5.74, 6) is 0.0756. The summed E-state index contributed by atoms with van der Waals surface area (Å²) in [7, 11) is 0. The molecule has 22 heavy (non-hydrogen) atoms. The van der Waals surface area contributed by atoms with Gasteiger partial charge in [0.2, 0.25) is 5.91 Å². The Hall–Kier alpha value is -1.85. The summed E-state index contributed by atoms with van der Waals surface area (Å²) < 4.78 is 1.78. The van der Waals surface area contributed by atoms with Crippen molar-refractivity contribution < 1.29 is 4.79 Å². The summed E-state index contributed by atoms with van der Waals surface area (Å²) in [6.45, 7) is 1.94. The lowest BCUT2D eigenvalue weighted by molar-refractivity contribution is -0.119. The smallest absolute Gasteiger partial charge is 0.227 e. The maximum absolute atomic E-state index is 12.4. The molecular formula is C16H21ClN4O. The summed E-state index contributed by atoms with van der Waals surface area (Å²) in [5, 5.41) is 7.43. The zero-order valence-corrected chi connectivity index (χ0v) is 13.3. The van der Waals surface area contributed by atoms with E-state index in [1.165, 1.54) is 0 Å². The molecule has 1 saturated carbocycles. The number of hydrogen-bond donors (Lipinski definition) is 2. The fourth-order valence-corrected chi connectivity index (χ4v) is 2.82. The molecule has 1 aromatic carbocycles. The standard InChI is InChI=1S/C16H20N4O.ClH/c1-11-8-9-20(19-11)15-5-3-2-4-14(15)18-16(21)12-6-7-13(17)10-12;/h2-5,8-9,12-13H,6-7,10,17H2,1H3,(H,18,21);1H. The predicted octanol–water partition coefficient (Wildman–Crippen LogP) is 2.67. The molecule has 1 aliphatic rings. The van der Waals surface area contributed by atoms with Crippen molar-refractivity contribution in [2.24, 2.45) is 11.7 Å². The summed E-state index contributed by atoms with van der Waals surface area (Å²) in [6, 6.07) is 9.80. The summed E-state index contributed by atoms with van der Waals surface area (Å²) in [6.07, 6.45) is 4.47. The fourth-order valence-electron chi connectivity index (χ4n) is 2.82. The molecule has 1 amide bonds. The highest BCUT2D eigenvalue weighted by molar-refractivity contribution is 5.94. The largest absolute Gasteiger partial charge is 0.328 e. The van der Waals surface area contributed by atoms with Crippen LogP contribution >= 0.6 is 12.4 Å². The Morgan fingerprint density at radius 2 is 2.09 bits per heavy atom. The number of benzene rings is 1. The maximum Gasteiger partial charge on any atom is 0.227 e. The SMILES string of the molecule is Cc1ccn(-c2ccccc2NC(=O)C2CCC(N)C2)n1.Cl. The van der Waals surface area contributed by atoms with Crippen molar-refractivity contribution in [3.8, 4) is 5.69 Å². The Balaban J connectivity index is 0.00000176. The number of para-hydroxylation sites is 2. The third-order valence-electron chi connectivity index (χ3n) is 3.98. The third-order valence-corrected chi connectivity index (χ3v) is 3.98. The third kappa shape index (κ3) is 3.48. The van der Waals surface area contributed by atoms with Gasteiger partial charge in [0.1, 0.15) is 0 Å². The summed E-state index contributed by atoms with van der Waals surface area (Å²) in [5.41, 5.74) is 8.49. The number of nitrogens with one attached hydrogen (secondary N) is 1. The number of carbonyl (C=O) groups excluding carboxylic acids is 1. The van der Waals surface area contributed by atoms with Crippen LogP contribution in [0.15, 0.2) is 36.5 Å². The highest BCUT2D eigenvalue weighted by Crippen LogP contribution is 2.27. The van der Waals surface area contributed by atoms with E-state index in [1.807, 2.05) is 43.5 Å². The van der Waals surface area contributed by atoms with Crippen molar-refractivity contribution in [1.82, 2.24) is 9.78 Å². The number of rotatable bonds is 3. The summed E-state index contributed by atoms with van der Waals surface area (Å²) >= 11 is 0. The number of aryl methyl sites for hydroxylation is 1. The van der Waals surface area contributed by atoms with E-state index in [0.717, 1.165) is 36.3 Å². The van der Waals surface area contributed by atoms with E-state index in [4.69, 9.17) is 5.73 Å². The predicted molar refractivity (Wildman–Crippen MR) is 89.5 cm³/mol. The number of nitrogens with zero attached hydrogens (tertiary/aromatic N) is 2. The second-order valence-electron chi connectivity index (χ2n) is 5.68. The van der Waals surface area contributed by atoms with Crippen molar-refractivity contribution >= 4 is 24.0 Å². The van der Waals surface area contributed by atoms with Crippen LogP contribution < -0.4 is 11.1 Å². The van der Waals surface area contributed by atoms with Gasteiger partial charge in [-0.3, -0.25) is 4.79 Å². The zero-order valence-electron chi connectivity index (χ0n) is 12.5. The second-order valence-corrected chi connectivity index (χ2v) is 5.68. The van der Waals surface area contributed by atoms with E-state index in [2.05, 4.69) is 10.4 Å². The molecule has 2 aromatic rings. The number of carbonyl (C=O) groups is 1. The maximum atomic E-state index is 12.4. The fraction of sp³-hybridized carbons (Fsp3) is 0.375. The van der Waals surface area contributed by atoms with Gasteiger partial charge in [0.05, 0.1) is 17.1 Å². The van der Waals surface area contributed by atoms with Gasteiger partial charge in [-0.25, -0.2) is 4.68 Å². The first-order chi connectivity index (χ1) is 10.1. The topological polar surface area (TPSA) is 72.9 Å². The quantitative estimate of drug-likeness (QED) is 0.913. The lowest BCUT2D eigenvalue weighted by Gasteiger charge is -2.14. The zero-order chi connectivity index (χ0) is 14.8. The van der Waals surface area contributed by atoms with E-state index >= 15 is 0 Å². The molecule has 1 aliphatic carbocycles. The van der Waals surface area contributed by atoms with Crippen LogP contribution in [0.2, 0.25) is 0 Å². The summed E-state index contributed by atoms with van der Waals surface area (Å²) in [4.78, 5) is 12.4. The first-order valence-electron chi connectivity index (χ1n) is 7.31. The molecule has 6 heteroatoms. The van der Waals surface area contributed by atoms with Crippen LogP contribution in [0.3, 0.4) is 0 Å². The molecule has 0 aliphatic heterocycles. The Morgan fingerprint density at radius 1 is 1.32 bits per heavy atom. The molecule has 0 bridgehead atoms. The highest BCUT2D eigenvalue weighted by atomic mass is 35.5. The minimum atomic E-state index is 0. The molecule has 1 aromatic heterocycles. The van der Waals surface area contributed by atoms with E-state index < -0.39 is 0 Å². The Labute approximate surface area is 136 Å². The van der Waals surface area contributed by atoms with Crippen LogP contribution in [0, 0.1) is 12.8 Å². The van der Waals surface area contributed by atoms with Crippen LogP contribution in [-0.2, 0) is 4.79 Å².